The molecule has 1 aromatic rings. The molecule has 2 rings (SSSR count). The van der Waals surface area contributed by atoms with E-state index in [-0.39, 0.29) is 5.75 Å². The lowest BCUT2D eigenvalue weighted by molar-refractivity contribution is 0.305. The van der Waals surface area contributed by atoms with Crippen LogP contribution in [-0.2, 0) is 9.84 Å². The maximum absolute atomic E-state index is 12.2. The van der Waals surface area contributed by atoms with E-state index in [2.05, 4.69) is 6.92 Å². The number of hydrogen-bond acceptors (Lipinski definition) is 2. The summed E-state index contributed by atoms with van der Waals surface area (Å²) in [7, 11) is -3.10. The minimum absolute atomic E-state index is 0.283. The summed E-state index contributed by atoms with van der Waals surface area (Å²) in [5.41, 5.74) is 1.49. The second-order valence-electron chi connectivity index (χ2n) is 6.25. The zero-order chi connectivity index (χ0) is 13.9. The molecule has 0 saturated heterocycles. The highest BCUT2D eigenvalue weighted by atomic mass is 32.2. The zero-order valence-electron chi connectivity index (χ0n) is 12.0. The molecule has 0 N–H and O–H groups in total. The van der Waals surface area contributed by atoms with Crippen LogP contribution in [0.2, 0.25) is 0 Å². The lowest BCUT2D eigenvalue weighted by atomic mass is 9.84. The third kappa shape index (κ3) is 3.82. The molecule has 0 radical (unpaired) electrons. The van der Waals surface area contributed by atoms with Crippen LogP contribution in [0.4, 0.5) is 0 Å². The van der Waals surface area contributed by atoms with Gasteiger partial charge in [0.25, 0.3) is 0 Å². The van der Waals surface area contributed by atoms with Crippen molar-refractivity contribution in [3.05, 3.63) is 29.8 Å². The minimum atomic E-state index is -3.10. The van der Waals surface area contributed by atoms with E-state index in [4.69, 9.17) is 0 Å². The molecule has 0 amide bonds. The second-order valence-corrected chi connectivity index (χ2v) is 8.36. The molecule has 0 atom stereocenters. The summed E-state index contributed by atoms with van der Waals surface area (Å²) in [6, 6.07) is 7.18. The molecule has 0 aliphatic heterocycles. The van der Waals surface area contributed by atoms with Gasteiger partial charge >= 0.3 is 0 Å². The van der Waals surface area contributed by atoms with Gasteiger partial charge in [-0.05, 0) is 50.2 Å². The molecule has 1 aliphatic rings. The topological polar surface area (TPSA) is 34.1 Å². The largest absolute Gasteiger partial charge is 0.224 e. The Kier molecular flexibility index (Phi) is 4.34. The first-order valence-corrected chi connectivity index (χ1v) is 8.86. The molecule has 0 heterocycles. The monoisotopic (exact) mass is 280 g/mol. The molecule has 0 bridgehead atoms. The van der Waals surface area contributed by atoms with Gasteiger partial charge in [-0.2, -0.15) is 0 Å². The molecule has 0 unspecified atom stereocenters. The molecule has 1 saturated carbocycles. The van der Waals surface area contributed by atoms with E-state index < -0.39 is 9.84 Å². The highest BCUT2D eigenvalue weighted by Crippen LogP contribution is 2.41. The fraction of sp³-hybridized carbons (Fsp3) is 0.625. The van der Waals surface area contributed by atoms with Crippen LogP contribution in [0.25, 0.3) is 0 Å². The Morgan fingerprint density at radius 3 is 2.26 bits per heavy atom. The van der Waals surface area contributed by atoms with Crippen molar-refractivity contribution in [2.24, 2.45) is 5.41 Å². The molecule has 0 aromatic heterocycles. The molecule has 2 nitrogen and oxygen atoms in total. The van der Waals surface area contributed by atoms with E-state index in [0.717, 1.165) is 18.4 Å². The highest BCUT2D eigenvalue weighted by molar-refractivity contribution is 7.91. The van der Waals surface area contributed by atoms with E-state index >= 15 is 0 Å². The first-order valence-electron chi connectivity index (χ1n) is 7.21. The van der Waals surface area contributed by atoms with Gasteiger partial charge in [0, 0.05) is 0 Å². The molecule has 0 spiro atoms. The Morgan fingerprint density at radius 1 is 1.11 bits per heavy atom. The van der Waals surface area contributed by atoms with Crippen LogP contribution in [0.5, 0.6) is 0 Å². The van der Waals surface area contributed by atoms with Gasteiger partial charge in [0.15, 0.2) is 9.84 Å². The van der Waals surface area contributed by atoms with Gasteiger partial charge in [-0.1, -0.05) is 37.5 Å². The fourth-order valence-electron chi connectivity index (χ4n) is 3.03. The number of sulfone groups is 1. The second kappa shape index (κ2) is 5.66. The Bertz CT molecular complexity index is 508. The Hall–Kier alpha value is -0.830. The van der Waals surface area contributed by atoms with Crippen LogP contribution in [0.15, 0.2) is 29.2 Å². The summed E-state index contributed by atoms with van der Waals surface area (Å²) < 4.78 is 24.4. The first-order chi connectivity index (χ1) is 8.91. The predicted octanol–water partition coefficient (Wildman–Crippen LogP) is 4.13. The molecular formula is C16H24O2S. The maximum Gasteiger partial charge on any atom is 0.178 e. The van der Waals surface area contributed by atoms with Crippen molar-refractivity contribution in [2.75, 3.05) is 5.75 Å². The quantitative estimate of drug-likeness (QED) is 0.812. The summed E-state index contributed by atoms with van der Waals surface area (Å²) in [6.45, 7) is 4.27. The average molecular weight is 280 g/mol. The van der Waals surface area contributed by atoms with Gasteiger partial charge in [-0.25, -0.2) is 8.42 Å². The van der Waals surface area contributed by atoms with Crippen molar-refractivity contribution in [1.82, 2.24) is 0 Å². The van der Waals surface area contributed by atoms with Crippen molar-refractivity contribution in [3.8, 4) is 0 Å². The van der Waals surface area contributed by atoms with Gasteiger partial charge in [-0.3, -0.25) is 0 Å². The standard InChI is InChI=1S/C16H24O2S/c1-14-6-8-15(9-7-14)19(17,18)13-5-12-16(2)10-3-4-11-16/h6-9H,3-5,10-13H2,1-2H3. The van der Waals surface area contributed by atoms with Crippen LogP contribution in [0.1, 0.15) is 51.0 Å². The Labute approximate surface area is 117 Å². The maximum atomic E-state index is 12.2. The fourth-order valence-corrected chi connectivity index (χ4v) is 4.34. The average Bonchev–Trinajstić information content (AvgIpc) is 2.76. The van der Waals surface area contributed by atoms with Crippen molar-refractivity contribution < 1.29 is 8.42 Å². The third-order valence-electron chi connectivity index (χ3n) is 4.38. The van der Waals surface area contributed by atoms with Gasteiger partial charge < -0.3 is 0 Å². The Morgan fingerprint density at radius 2 is 1.68 bits per heavy atom. The summed E-state index contributed by atoms with van der Waals surface area (Å²) in [5.74, 6) is 0.283. The summed E-state index contributed by atoms with van der Waals surface area (Å²) in [4.78, 5) is 0.467. The summed E-state index contributed by atoms with van der Waals surface area (Å²) >= 11 is 0. The minimum Gasteiger partial charge on any atom is -0.224 e. The van der Waals surface area contributed by atoms with E-state index in [0.29, 0.717) is 10.3 Å². The summed E-state index contributed by atoms with van der Waals surface area (Å²) in [5, 5.41) is 0. The molecule has 1 fully saturated rings. The SMILES string of the molecule is Cc1ccc(S(=O)(=O)CCCC2(C)CCCC2)cc1. The van der Waals surface area contributed by atoms with E-state index in [1.807, 2.05) is 19.1 Å². The predicted molar refractivity (Wildman–Crippen MR) is 79.0 cm³/mol. The smallest absolute Gasteiger partial charge is 0.178 e. The molecule has 106 valence electrons. The van der Waals surface area contributed by atoms with Crippen molar-refractivity contribution in [2.45, 2.75) is 57.3 Å². The van der Waals surface area contributed by atoms with Crippen molar-refractivity contribution in [3.63, 3.8) is 0 Å². The van der Waals surface area contributed by atoms with E-state index in [1.165, 1.54) is 25.7 Å². The van der Waals surface area contributed by atoms with Crippen LogP contribution < -0.4 is 0 Å². The van der Waals surface area contributed by atoms with Crippen molar-refractivity contribution in [1.29, 1.82) is 0 Å². The number of hydrogen-bond donors (Lipinski definition) is 0. The van der Waals surface area contributed by atoms with Gasteiger partial charge in [0.05, 0.1) is 10.6 Å². The lowest BCUT2D eigenvalue weighted by Crippen LogP contribution is -2.14. The number of benzene rings is 1. The number of aryl methyl sites for hydroxylation is 1. The van der Waals surface area contributed by atoms with Crippen LogP contribution in [0.3, 0.4) is 0 Å². The van der Waals surface area contributed by atoms with Gasteiger partial charge in [0.2, 0.25) is 0 Å². The normalized spacial score (nSPS) is 18.6. The third-order valence-corrected chi connectivity index (χ3v) is 6.20. The van der Waals surface area contributed by atoms with Crippen LogP contribution in [0, 0.1) is 12.3 Å². The molecule has 1 aliphatic carbocycles. The van der Waals surface area contributed by atoms with Crippen LogP contribution >= 0.6 is 0 Å². The first kappa shape index (κ1) is 14.6. The van der Waals surface area contributed by atoms with Crippen LogP contribution in [-0.4, -0.2) is 14.2 Å². The van der Waals surface area contributed by atoms with Gasteiger partial charge in [0.1, 0.15) is 0 Å². The summed E-state index contributed by atoms with van der Waals surface area (Å²) in [6.07, 6.45) is 6.96. The number of rotatable bonds is 5. The molecule has 19 heavy (non-hydrogen) atoms. The van der Waals surface area contributed by atoms with Gasteiger partial charge in [-0.15, -0.1) is 0 Å². The highest BCUT2D eigenvalue weighted by Gasteiger charge is 2.28. The lowest BCUT2D eigenvalue weighted by Gasteiger charge is -2.22. The van der Waals surface area contributed by atoms with E-state index in [9.17, 15) is 8.42 Å². The van der Waals surface area contributed by atoms with E-state index in [1.54, 1.807) is 12.1 Å². The Balaban J connectivity index is 1.92. The van der Waals surface area contributed by atoms with Crippen molar-refractivity contribution >= 4 is 9.84 Å². The molecular weight excluding hydrogens is 256 g/mol. The zero-order valence-corrected chi connectivity index (χ0v) is 12.8. The molecule has 1 aromatic carbocycles. The molecule has 3 heteroatoms.